The Labute approximate surface area is 569 Å². The Morgan fingerprint density at radius 1 is 0.351 bits per heavy atom. The number of carbonyl (C=O) groups excluding carboxylic acids is 2. The Bertz CT molecular complexity index is 5610. The van der Waals surface area contributed by atoms with Gasteiger partial charge in [0.1, 0.15) is 0 Å². The number of ether oxygens (including phenoxy) is 2. The Morgan fingerprint density at radius 3 is 1.12 bits per heavy atom. The molecule has 1 aliphatic heterocycles. The van der Waals surface area contributed by atoms with Gasteiger partial charge >= 0.3 is 11.9 Å². The van der Waals surface area contributed by atoms with Gasteiger partial charge in [0.15, 0.2) is 0 Å². The normalized spacial score (nSPS) is 12.3. The summed E-state index contributed by atoms with van der Waals surface area (Å²) in [5.41, 5.74) is 17.0. The van der Waals surface area contributed by atoms with Gasteiger partial charge in [-0.1, -0.05) is 213 Å². The van der Waals surface area contributed by atoms with Gasteiger partial charge in [-0.2, -0.15) is 0 Å². The Kier molecular flexibility index (Phi) is 16.3. The molecule has 0 unspecified atom stereocenters. The number of aromatic nitrogens is 4. The molecule has 94 heavy (non-hydrogen) atoms. The van der Waals surface area contributed by atoms with Crippen LogP contribution in [0.2, 0.25) is 0 Å². The van der Waals surface area contributed by atoms with E-state index in [1.807, 2.05) is 111 Å². The van der Waals surface area contributed by atoms with Crippen LogP contribution in [0.3, 0.4) is 0 Å². The minimum atomic E-state index is -0.913. The number of aliphatic hydroxyl groups is 1. The fourth-order valence-corrected chi connectivity index (χ4v) is 14.9. The van der Waals surface area contributed by atoms with E-state index in [2.05, 4.69) is 238 Å². The van der Waals surface area contributed by atoms with Crippen LogP contribution in [0.25, 0.3) is 110 Å². The minimum Gasteiger partial charge on any atom is -0.465 e. The zero-order chi connectivity index (χ0) is 65.2. The van der Waals surface area contributed by atoms with E-state index in [9.17, 15) is 14.7 Å². The molecule has 12 heteroatoms. The second kappa shape index (κ2) is 24.9. The molecule has 17 rings (SSSR count). The molecular weight excluding hydrogens is 1360 g/mol. The van der Waals surface area contributed by atoms with Crippen LogP contribution in [0.15, 0.2) is 280 Å². The van der Waals surface area contributed by atoms with Crippen molar-refractivity contribution >= 4 is 147 Å². The van der Waals surface area contributed by atoms with Crippen molar-refractivity contribution in [2.45, 2.75) is 38.7 Å². The van der Waals surface area contributed by atoms with E-state index in [1.54, 1.807) is 12.1 Å². The molecule has 0 amide bonds. The monoisotopic (exact) mass is 1420 g/mol. The van der Waals surface area contributed by atoms with Gasteiger partial charge in [-0.15, -0.1) is 0 Å². The van der Waals surface area contributed by atoms with Crippen LogP contribution >= 0.6 is 47.8 Å². The third-order valence-corrected chi connectivity index (χ3v) is 19.5. The van der Waals surface area contributed by atoms with Crippen LogP contribution in [-0.2, 0) is 20.5 Å². The number of rotatable bonds is 6. The molecule has 462 valence electrons. The van der Waals surface area contributed by atoms with Gasteiger partial charge in [-0.05, 0) is 140 Å². The third kappa shape index (κ3) is 10.7. The summed E-state index contributed by atoms with van der Waals surface area (Å²) >= 11 is 10.8. The number of esters is 2. The fourth-order valence-electron chi connectivity index (χ4n) is 13.8. The molecule has 12 aromatic carbocycles. The van der Waals surface area contributed by atoms with Gasteiger partial charge < -0.3 is 32.8 Å². The quantitative estimate of drug-likeness (QED) is 0.167. The molecule has 0 radical (unpaired) electrons. The highest BCUT2D eigenvalue weighted by Gasteiger charge is 2.35. The molecule has 0 fully saturated rings. The average Bonchev–Trinajstić information content (AvgIpc) is 1.51. The second-order valence-corrected chi connectivity index (χ2v) is 27.1. The first kappa shape index (κ1) is 61.7. The predicted octanol–water partition coefficient (Wildman–Crippen LogP) is 21.9. The fraction of sp³-hybridized carbons (Fsp3) is 0.0976. The van der Waals surface area contributed by atoms with Crippen LogP contribution in [0.4, 0.5) is 0 Å². The number of benzene rings is 12. The highest BCUT2D eigenvalue weighted by atomic mass is 79.9. The first-order valence-electron chi connectivity index (χ1n) is 30.9. The lowest BCUT2D eigenvalue weighted by Crippen LogP contribution is -2.26. The Hall–Kier alpha value is -9.82. The lowest BCUT2D eigenvalue weighted by Gasteiger charge is -2.34. The molecule has 16 aromatic rings. The summed E-state index contributed by atoms with van der Waals surface area (Å²) in [7, 11) is 2.81. The van der Waals surface area contributed by atoms with Gasteiger partial charge in [-0.25, -0.2) is 9.59 Å². The second-order valence-electron chi connectivity index (χ2n) is 24.3. The van der Waals surface area contributed by atoms with Gasteiger partial charge in [0.25, 0.3) is 0 Å². The zero-order valence-corrected chi connectivity index (χ0v) is 57.2. The van der Waals surface area contributed by atoms with Crippen LogP contribution < -0.4 is 0 Å². The van der Waals surface area contributed by atoms with Crippen molar-refractivity contribution in [3.8, 4) is 22.7 Å². The maximum Gasteiger partial charge on any atom is 0.339 e. The summed E-state index contributed by atoms with van der Waals surface area (Å²) < 4.78 is 22.0. The smallest absolute Gasteiger partial charge is 0.339 e. The van der Waals surface area contributed by atoms with Crippen molar-refractivity contribution in [1.82, 2.24) is 18.3 Å². The number of hydrogen-bond donors (Lipinski definition) is 1. The van der Waals surface area contributed by atoms with E-state index in [0.717, 1.165) is 79.9 Å². The van der Waals surface area contributed by atoms with Crippen molar-refractivity contribution in [3.05, 3.63) is 308 Å². The largest absolute Gasteiger partial charge is 0.465 e. The number of methoxy groups -OCH3 is 2. The zero-order valence-electron chi connectivity index (χ0n) is 52.4. The molecule has 0 saturated heterocycles. The number of para-hydroxylation sites is 9. The van der Waals surface area contributed by atoms with E-state index in [1.165, 1.54) is 74.4 Å². The Morgan fingerprint density at radius 2 is 0.670 bits per heavy atom. The number of hydrogen-bond acceptors (Lipinski definition) is 5. The molecule has 0 spiro atoms. The lowest BCUT2D eigenvalue weighted by atomic mass is 9.75. The standard InChI is InChI=1S/C21H18BrNO.C21H16BrN.C20H14BrNO2.C20H15NO2/c1-21(2,24)17-8-4-6-10-20(17)23-18-9-5-3-7-15(18)16-13-14(22)11-12-19(16)23;1-21(2)16-7-3-4-9-19(16)23-18-11-10-13(22)12-15(18)14-6-5-8-17(21)20(14)23;1-24-20(23)15-7-3-5-9-18(15)22-17-8-4-2-6-14(17)16-12-13(21)10-11-19(16)22;1-23-20(22)16-10-4-7-13-19(16)21-17-11-5-2-8-14(17)15-9-3-6-12-18(15)21/h3-13,24H,1-2H3;3-12H,1-2H3;2-12H,1H3;2-13H,1H3. The van der Waals surface area contributed by atoms with E-state index in [-0.39, 0.29) is 17.4 Å². The molecular formula is C82H63Br3N4O5. The molecule has 4 aromatic heterocycles. The van der Waals surface area contributed by atoms with E-state index in [0.29, 0.717) is 11.1 Å². The summed E-state index contributed by atoms with van der Waals surface area (Å²) in [6, 6.07) is 90.8. The first-order chi connectivity index (χ1) is 45.6. The summed E-state index contributed by atoms with van der Waals surface area (Å²) in [5, 5.41) is 20.3. The number of halogens is 3. The third-order valence-electron chi connectivity index (χ3n) is 18.0. The molecule has 1 aliphatic rings. The van der Waals surface area contributed by atoms with Crippen molar-refractivity contribution in [2.75, 3.05) is 14.2 Å². The van der Waals surface area contributed by atoms with Gasteiger partial charge in [0.2, 0.25) is 0 Å². The number of nitrogens with zero attached hydrogens (tertiary/aromatic N) is 4. The molecule has 0 aliphatic carbocycles. The highest BCUT2D eigenvalue weighted by Crippen LogP contribution is 2.48. The topological polar surface area (TPSA) is 92.6 Å². The highest BCUT2D eigenvalue weighted by molar-refractivity contribution is 9.11. The lowest BCUT2D eigenvalue weighted by molar-refractivity contribution is 0.0592. The van der Waals surface area contributed by atoms with Crippen molar-refractivity contribution in [3.63, 3.8) is 0 Å². The van der Waals surface area contributed by atoms with Crippen LogP contribution in [0.1, 0.15) is 65.1 Å². The summed E-state index contributed by atoms with van der Waals surface area (Å²) in [6.45, 7) is 8.32. The molecule has 0 saturated carbocycles. The van der Waals surface area contributed by atoms with E-state index < -0.39 is 5.60 Å². The predicted molar refractivity (Wildman–Crippen MR) is 396 cm³/mol. The van der Waals surface area contributed by atoms with Crippen molar-refractivity contribution in [2.24, 2.45) is 0 Å². The summed E-state index contributed by atoms with van der Waals surface area (Å²) in [4.78, 5) is 24.4. The van der Waals surface area contributed by atoms with Crippen LogP contribution in [0.5, 0.6) is 0 Å². The summed E-state index contributed by atoms with van der Waals surface area (Å²) in [6.07, 6.45) is 0. The number of carbonyl (C=O) groups is 2. The minimum absolute atomic E-state index is 0.0116. The van der Waals surface area contributed by atoms with E-state index in [4.69, 9.17) is 9.47 Å². The number of fused-ring (bicyclic) bond motifs is 14. The van der Waals surface area contributed by atoms with Crippen LogP contribution in [0, 0.1) is 0 Å². The molecule has 5 heterocycles. The molecule has 9 nitrogen and oxygen atoms in total. The maximum atomic E-state index is 12.2. The van der Waals surface area contributed by atoms with Gasteiger partial charge in [0.05, 0.1) is 97.8 Å². The Balaban J connectivity index is 0.000000108. The van der Waals surface area contributed by atoms with Gasteiger partial charge in [-0.3, -0.25) is 0 Å². The van der Waals surface area contributed by atoms with E-state index >= 15 is 0 Å². The van der Waals surface area contributed by atoms with Crippen molar-refractivity contribution in [1.29, 1.82) is 0 Å². The van der Waals surface area contributed by atoms with Crippen molar-refractivity contribution < 1.29 is 24.2 Å². The van der Waals surface area contributed by atoms with Crippen LogP contribution in [-0.4, -0.2) is 49.5 Å². The summed E-state index contributed by atoms with van der Waals surface area (Å²) in [5.74, 6) is -0.670. The first-order valence-corrected chi connectivity index (χ1v) is 33.3. The average molecular weight is 1420 g/mol. The van der Waals surface area contributed by atoms with Gasteiger partial charge in [0, 0.05) is 67.5 Å². The molecule has 1 N–H and O–H groups in total. The maximum absolute atomic E-state index is 12.2. The molecule has 0 atom stereocenters. The molecule has 0 bridgehead atoms. The SMILES string of the molecule is CC(C)(O)c1ccccc1-n1c2ccccc2c2cc(Br)ccc21.CC1(C)c2ccccc2-n2c3ccc(Br)cc3c3cccc1c32.COC(=O)c1ccccc1-n1c2ccccc2c2cc(Br)ccc21.COC(=O)c1ccccc1-n1c2ccccc2c2ccccc21.